The van der Waals surface area contributed by atoms with E-state index in [4.69, 9.17) is 4.74 Å². The van der Waals surface area contributed by atoms with Gasteiger partial charge in [0.25, 0.3) is 5.91 Å². The highest BCUT2D eigenvalue weighted by Crippen LogP contribution is 2.15. The molecule has 0 fully saturated rings. The van der Waals surface area contributed by atoms with Crippen molar-refractivity contribution in [2.45, 2.75) is 6.54 Å². The fourth-order valence-electron chi connectivity index (χ4n) is 2.58. The summed E-state index contributed by atoms with van der Waals surface area (Å²) < 4.78 is 9.79. The molecule has 3 aromatic rings. The maximum Gasteiger partial charge on any atom is 0.337 e. The van der Waals surface area contributed by atoms with E-state index >= 15 is 0 Å². The Morgan fingerprint density at radius 2 is 1.59 bits per heavy atom. The van der Waals surface area contributed by atoms with Gasteiger partial charge < -0.3 is 20.1 Å². The molecule has 0 aliphatic rings. The van der Waals surface area contributed by atoms with Crippen molar-refractivity contribution in [2.75, 3.05) is 24.9 Å². The van der Waals surface area contributed by atoms with Gasteiger partial charge in [-0.15, -0.1) is 0 Å². The van der Waals surface area contributed by atoms with Crippen molar-refractivity contribution in [3.8, 4) is 5.75 Å². The quantitative estimate of drug-likeness (QED) is 0.597. The van der Waals surface area contributed by atoms with Crippen molar-refractivity contribution in [1.29, 1.82) is 0 Å². The van der Waals surface area contributed by atoms with E-state index in [1.54, 1.807) is 43.5 Å². The average molecular weight is 391 g/mol. The fourth-order valence-corrected chi connectivity index (χ4v) is 2.58. The third-order valence-corrected chi connectivity index (χ3v) is 4.22. The van der Waals surface area contributed by atoms with Gasteiger partial charge in [0.05, 0.1) is 25.3 Å². The number of amides is 1. The van der Waals surface area contributed by atoms with E-state index in [1.807, 2.05) is 24.3 Å². The third-order valence-electron chi connectivity index (χ3n) is 4.22. The molecule has 0 saturated carbocycles. The summed E-state index contributed by atoms with van der Waals surface area (Å²) in [6.45, 7) is 0.606. The molecule has 0 saturated heterocycles. The van der Waals surface area contributed by atoms with E-state index in [0.29, 0.717) is 29.2 Å². The molecule has 2 aromatic carbocycles. The first-order chi connectivity index (χ1) is 14.1. The second-order valence-corrected chi connectivity index (χ2v) is 6.16. The first-order valence-electron chi connectivity index (χ1n) is 8.91. The van der Waals surface area contributed by atoms with Gasteiger partial charge in [-0.1, -0.05) is 12.1 Å². The van der Waals surface area contributed by atoms with Gasteiger partial charge in [0.2, 0.25) is 0 Å². The Labute approximate surface area is 168 Å². The number of carbonyl (C=O) groups is 2. The van der Waals surface area contributed by atoms with Crippen molar-refractivity contribution >= 4 is 23.4 Å². The summed E-state index contributed by atoms with van der Waals surface area (Å²) >= 11 is 0. The van der Waals surface area contributed by atoms with Gasteiger partial charge in [-0.05, 0) is 54.1 Å². The molecule has 0 aliphatic carbocycles. The number of pyridine rings is 1. The Bertz CT molecular complexity index is 968. The summed E-state index contributed by atoms with van der Waals surface area (Å²) in [7, 11) is 2.95. The zero-order chi connectivity index (χ0) is 20.6. The number of carbonyl (C=O) groups excluding carboxylic acids is 2. The molecule has 1 amide bonds. The van der Waals surface area contributed by atoms with Crippen molar-refractivity contribution in [3.63, 3.8) is 0 Å². The van der Waals surface area contributed by atoms with E-state index in [2.05, 4.69) is 20.4 Å². The average Bonchev–Trinajstić information content (AvgIpc) is 2.78. The summed E-state index contributed by atoms with van der Waals surface area (Å²) in [6, 6.07) is 17.6. The SMILES string of the molecule is COC(=O)c1ccc(NC(=O)c2ccc(NCc3ccc(OC)cc3)nc2)cc1. The van der Waals surface area contributed by atoms with Crippen LogP contribution in [0.4, 0.5) is 11.5 Å². The number of benzene rings is 2. The molecule has 7 nitrogen and oxygen atoms in total. The molecule has 0 spiro atoms. The van der Waals surface area contributed by atoms with Crippen LogP contribution in [-0.4, -0.2) is 31.1 Å². The molecule has 3 rings (SSSR count). The molecule has 7 heteroatoms. The van der Waals surface area contributed by atoms with Crippen molar-refractivity contribution in [3.05, 3.63) is 83.6 Å². The van der Waals surface area contributed by atoms with Crippen molar-refractivity contribution in [2.24, 2.45) is 0 Å². The lowest BCUT2D eigenvalue weighted by Gasteiger charge is -2.08. The van der Waals surface area contributed by atoms with Crippen LogP contribution >= 0.6 is 0 Å². The molecule has 148 valence electrons. The maximum atomic E-state index is 12.4. The molecule has 0 bridgehead atoms. The highest BCUT2D eigenvalue weighted by molar-refractivity contribution is 6.04. The van der Waals surface area contributed by atoms with Crippen LogP contribution in [0.5, 0.6) is 5.75 Å². The molecule has 0 atom stereocenters. The van der Waals surface area contributed by atoms with E-state index in [0.717, 1.165) is 11.3 Å². The highest BCUT2D eigenvalue weighted by atomic mass is 16.5. The number of nitrogens with one attached hydrogen (secondary N) is 2. The predicted octanol–water partition coefficient (Wildman–Crippen LogP) is 3.74. The monoisotopic (exact) mass is 391 g/mol. The number of nitrogens with zero attached hydrogens (tertiary/aromatic N) is 1. The van der Waals surface area contributed by atoms with Crippen molar-refractivity contribution in [1.82, 2.24) is 4.98 Å². The van der Waals surface area contributed by atoms with E-state index in [9.17, 15) is 9.59 Å². The molecule has 1 heterocycles. The largest absolute Gasteiger partial charge is 0.497 e. The third kappa shape index (κ3) is 5.32. The Hall–Kier alpha value is -3.87. The summed E-state index contributed by atoms with van der Waals surface area (Å²) in [4.78, 5) is 28.1. The lowest BCUT2D eigenvalue weighted by Crippen LogP contribution is -2.13. The number of methoxy groups -OCH3 is 2. The van der Waals surface area contributed by atoms with Gasteiger partial charge in [0.15, 0.2) is 0 Å². The van der Waals surface area contributed by atoms with E-state index in [1.165, 1.54) is 13.3 Å². The molecule has 0 aliphatic heterocycles. The molecule has 29 heavy (non-hydrogen) atoms. The summed E-state index contributed by atoms with van der Waals surface area (Å²) in [5, 5.41) is 5.98. The van der Waals surface area contributed by atoms with Gasteiger partial charge in [-0.25, -0.2) is 9.78 Å². The number of ether oxygens (including phenoxy) is 2. The van der Waals surface area contributed by atoms with E-state index < -0.39 is 5.97 Å². The molecule has 2 N–H and O–H groups in total. The topological polar surface area (TPSA) is 89.5 Å². The zero-order valence-electron chi connectivity index (χ0n) is 16.1. The summed E-state index contributed by atoms with van der Waals surface area (Å²) in [5.41, 5.74) is 2.51. The highest BCUT2D eigenvalue weighted by Gasteiger charge is 2.09. The molecular weight excluding hydrogens is 370 g/mol. The van der Waals surface area contributed by atoms with Gasteiger partial charge in [0, 0.05) is 18.4 Å². The van der Waals surface area contributed by atoms with Crippen LogP contribution in [0.1, 0.15) is 26.3 Å². The van der Waals surface area contributed by atoms with Gasteiger partial charge in [0.1, 0.15) is 11.6 Å². The van der Waals surface area contributed by atoms with Gasteiger partial charge in [-0.3, -0.25) is 4.79 Å². The second-order valence-electron chi connectivity index (χ2n) is 6.16. The molecule has 0 unspecified atom stereocenters. The molecule has 1 aromatic heterocycles. The van der Waals surface area contributed by atoms with Crippen LogP contribution in [0, 0.1) is 0 Å². The lowest BCUT2D eigenvalue weighted by atomic mass is 10.2. The summed E-state index contributed by atoms with van der Waals surface area (Å²) in [5.74, 6) is 0.761. The first kappa shape index (κ1) is 19.9. The Morgan fingerprint density at radius 1 is 0.897 bits per heavy atom. The number of rotatable bonds is 7. The number of hydrogen-bond acceptors (Lipinski definition) is 6. The number of hydrogen-bond donors (Lipinski definition) is 2. The first-order valence-corrected chi connectivity index (χ1v) is 8.91. The minimum atomic E-state index is -0.426. The number of aromatic nitrogens is 1. The van der Waals surface area contributed by atoms with Crippen LogP contribution in [0.3, 0.4) is 0 Å². The standard InChI is InChI=1S/C22H21N3O4/c1-28-19-10-3-15(4-11-19)13-23-20-12-7-17(14-24-20)21(26)25-18-8-5-16(6-9-18)22(27)29-2/h3-12,14H,13H2,1-2H3,(H,23,24)(H,25,26). The Morgan fingerprint density at radius 3 is 2.17 bits per heavy atom. The smallest absolute Gasteiger partial charge is 0.337 e. The lowest BCUT2D eigenvalue weighted by molar-refractivity contribution is 0.0600. The van der Waals surface area contributed by atoms with Gasteiger partial charge >= 0.3 is 5.97 Å². The molecular formula is C22H21N3O4. The van der Waals surface area contributed by atoms with Crippen LogP contribution < -0.4 is 15.4 Å². The zero-order valence-corrected chi connectivity index (χ0v) is 16.1. The van der Waals surface area contributed by atoms with Crippen LogP contribution in [0.25, 0.3) is 0 Å². The second kappa shape index (κ2) is 9.36. The fraction of sp³-hybridized carbons (Fsp3) is 0.136. The Kier molecular flexibility index (Phi) is 6.42. The number of esters is 1. The minimum absolute atomic E-state index is 0.287. The minimum Gasteiger partial charge on any atom is -0.497 e. The summed E-state index contributed by atoms with van der Waals surface area (Å²) in [6.07, 6.45) is 1.51. The van der Waals surface area contributed by atoms with E-state index in [-0.39, 0.29) is 5.91 Å². The van der Waals surface area contributed by atoms with Crippen LogP contribution in [0.15, 0.2) is 66.9 Å². The predicted molar refractivity (Wildman–Crippen MR) is 110 cm³/mol. The number of anilines is 2. The van der Waals surface area contributed by atoms with Crippen LogP contribution in [-0.2, 0) is 11.3 Å². The normalized spacial score (nSPS) is 10.1. The molecule has 0 radical (unpaired) electrons. The van der Waals surface area contributed by atoms with Gasteiger partial charge in [-0.2, -0.15) is 0 Å². The van der Waals surface area contributed by atoms with Crippen LogP contribution in [0.2, 0.25) is 0 Å². The maximum absolute atomic E-state index is 12.4. The Balaban J connectivity index is 1.56. The van der Waals surface area contributed by atoms with Crippen molar-refractivity contribution < 1.29 is 19.1 Å².